The van der Waals surface area contributed by atoms with Crippen molar-refractivity contribution in [3.8, 4) is 11.3 Å². The Morgan fingerprint density at radius 2 is 2.11 bits per heavy atom. The van der Waals surface area contributed by atoms with Crippen LogP contribution in [0.3, 0.4) is 0 Å². The van der Waals surface area contributed by atoms with Gasteiger partial charge in [-0.1, -0.05) is 0 Å². The average Bonchev–Trinajstić information content (AvgIpc) is 2.96. The molecule has 1 aliphatic heterocycles. The summed E-state index contributed by atoms with van der Waals surface area (Å²) < 4.78 is 12.9. The normalized spacial score (nSPS) is 23.0. The molecule has 1 aromatic heterocycles. The summed E-state index contributed by atoms with van der Waals surface area (Å²) >= 11 is 1.56. The van der Waals surface area contributed by atoms with E-state index in [1.807, 2.05) is 12.3 Å². The van der Waals surface area contributed by atoms with Gasteiger partial charge >= 0.3 is 0 Å². The molecule has 19 heavy (non-hydrogen) atoms. The van der Waals surface area contributed by atoms with Gasteiger partial charge in [0.15, 0.2) is 5.13 Å². The predicted molar refractivity (Wildman–Crippen MR) is 75.0 cm³/mol. The van der Waals surface area contributed by atoms with Crippen LogP contribution in [-0.4, -0.2) is 28.8 Å². The number of aromatic nitrogens is 1. The van der Waals surface area contributed by atoms with Crippen molar-refractivity contribution in [2.24, 2.45) is 0 Å². The zero-order valence-corrected chi connectivity index (χ0v) is 11.5. The van der Waals surface area contributed by atoms with E-state index in [1.165, 1.54) is 12.1 Å². The van der Waals surface area contributed by atoms with Gasteiger partial charge in [0.2, 0.25) is 0 Å². The highest BCUT2D eigenvalue weighted by atomic mass is 32.1. The average molecular weight is 278 g/mol. The van der Waals surface area contributed by atoms with Gasteiger partial charge in [-0.25, -0.2) is 9.37 Å². The van der Waals surface area contributed by atoms with Gasteiger partial charge in [0.1, 0.15) is 5.82 Å². The van der Waals surface area contributed by atoms with Crippen molar-refractivity contribution in [1.29, 1.82) is 0 Å². The highest BCUT2D eigenvalue weighted by molar-refractivity contribution is 7.14. The number of hydrogen-bond donors (Lipinski definition) is 1. The third-order valence-electron chi connectivity index (χ3n) is 3.35. The van der Waals surface area contributed by atoms with Gasteiger partial charge in [0.25, 0.3) is 0 Å². The number of thiazole rings is 1. The van der Waals surface area contributed by atoms with Crippen molar-refractivity contribution in [3.63, 3.8) is 0 Å². The molecule has 5 heteroatoms. The minimum absolute atomic E-state index is 0.241. The molecule has 3 rings (SSSR count). The van der Waals surface area contributed by atoms with Crippen molar-refractivity contribution in [3.05, 3.63) is 35.5 Å². The fourth-order valence-corrected chi connectivity index (χ4v) is 3.13. The van der Waals surface area contributed by atoms with E-state index in [0.29, 0.717) is 6.54 Å². The molecule has 0 radical (unpaired) electrons. The predicted octanol–water partition coefficient (Wildman–Crippen LogP) is 2.91. The molecule has 0 aliphatic carbocycles. The molecule has 100 valence electrons. The lowest BCUT2D eigenvalue weighted by Gasteiger charge is -2.17. The lowest BCUT2D eigenvalue weighted by atomic mass is 10.1. The van der Waals surface area contributed by atoms with Gasteiger partial charge in [-0.05, 0) is 37.6 Å². The van der Waals surface area contributed by atoms with Crippen LogP contribution in [-0.2, 0) is 0 Å². The molecule has 3 nitrogen and oxygen atoms in total. The second-order valence-electron chi connectivity index (χ2n) is 5.19. The third-order valence-corrected chi connectivity index (χ3v) is 4.26. The standard InChI is InChI=1S/C14H15FN2OS/c1-14(18)6-7-17(9-14)13-16-12(8-19-13)10-2-4-11(15)5-3-10/h2-5,8,18H,6-7,9H2,1H3. The Hall–Kier alpha value is -1.46. The Kier molecular flexibility index (Phi) is 3.03. The summed E-state index contributed by atoms with van der Waals surface area (Å²) in [6.07, 6.45) is 0.762. The number of rotatable bonds is 2. The SMILES string of the molecule is CC1(O)CCN(c2nc(-c3ccc(F)cc3)cs2)C1. The van der Waals surface area contributed by atoms with Gasteiger partial charge in [0.05, 0.1) is 11.3 Å². The molecule has 1 aliphatic rings. The topological polar surface area (TPSA) is 36.4 Å². The van der Waals surface area contributed by atoms with Crippen molar-refractivity contribution in [1.82, 2.24) is 4.98 Å². The Labute approximate surface area is 115 Å². The molecule has 1 N–H and O–H groups in total. The van der Waals surface area contributed by atoms with E-state index in [-0.39, 0.29) is 5.82 Å². The van der Waals surface area contributed by atoms with E-state index in [1.54, 1.807) is 23.5 Å². The van der Waals surface area contributed by atoms with Crippen LogP contribution in [0.4, 0.5) is 9.52 Å². The van der Waals surface area contributed by atoms with Crippen molar-refractivity contribution < 1.29 is 9.50 Å². The van der Waals surface area contributed by atoms with Gasteiger partial charge in [-0.3, -0.25) is 0 Å². The minimum atomic E-state index is -0.623. The first-order valence-electron chi connectivity index (χ1n) is 6.22. The number of benzene rings is 1. The second kappa shape index (κ2) is 4.58. The highest BCUT2D eigenvalue weighted by Crippen LogP contribution is 2.32. The molecule has 2 aromatic rings. The van der Waals surface area contributed by atoms with E-state index in [0.717, 1.165) is 29.4 Å². The van der Waals surface area contributed by atoms with E-state index in [9.17, 15) is 9.50 Å². The lowest BCUT2D eigenvalue weighted by molar-refractivity contribution is 0.0839. The molecule has 0 spiro atoms. The first-order valence-corrected chi connectivity index (χ1v) is 7.10. The summed E-state index contributed by atoms with van der Waals surface area (Å²) in [5.74, 6) is -0.241. The van der Waals surface area contributed by atoms with Crippen LogP contribution in [0.25, 0.3) is 11.3 Å². The summed E-state index contributed by atoms with van der Waals surface area (Å²) in [4.78, 5) is 6.66. The van der Waals surface area contributed by atoms with Crippen molar-refractivity contribution in [2.45, 2.75) is 18.9 Å². The lowest BCUT2D eigenvalue weighted by Crippen LogP contribution is -2.29. The molecule has 1 atom stereocenters. The maximum Gasteiger partial charge on any atom is 0.185 e. The van der Waals surface area contributed by atoms with Crippen molar-refractivity contribution in [2.75, 3.05) is 18.0 Å². The fraction of sp³-hybridized carbons (Fsp3) is 0.357. The van der Waals surface area contributed by atoms with Crippen LogP contribution in [0.1, 0.15) is 13.3 Å². The smallest absolute Gasteiger partial charge is 0.185 e. The monoisotopic (exact) mass is 278 g/mol. The van der Waals surface area contributed by atoms with Crippen LogP contribution in [0.2, 0.25) is 0 Å². The zero-order chi connectivity index (χ0) is 13.5. The van der Waals surface area contributed by atoms with Gasteiger partial charge in [-0.2, -0.15) is 0 Å². The van der Waals surface area contributed by atoms with Crippen LogP contribution in [0.5, 0.6) is 0 Å². The summed E-state index contributed by atoms with van der Waals surface area (Å²) in [6.45, 7) is 3.29. The molecule has 1 fully saturated rings. The first kappa shape index (κ1) is 12.6. The minimum Gasteiger partial charge on any atom is -0.388 e. The molecular formula is C14H15FN2OS. The molecule has 1 aromatic carbocycles. The van der Waals surface area contributed by atoms with E-state index in [4.69, 9.17) is 0 Å². The van der Waals surface area contributed by atoms with Gasteiger partial charge in [-0.15, -0.1) is 11.3 Å². The van der Waals surface area contributed by atoms with Crippen LogP contribution in [0.15, 0.2) is 29.6 Å². The number of aliphatic hydroxyl groups is 1. The third kappa shape index (κ3) is 2.62. The summed E-state index contributed by atoms with van der Waals surface area (Å²) in [5, 5.41) is 12.9. The Bertz CT molecular complexity index is 579. The Morgan fingerprint density at radius 1 is 1.37 bits per heavy atom. The maximum atomic E-state index is 12.9. The molecule has 0 saturated carbocycles. The maximum absolute atomic E-state index is 12.9. The van der Waals surface area contributed by atoms with E-state index in [2.05, 4.69) is 9.88 Å². The number of nitrogens with zero attached hydrogens (tertiary/aromatic N) is 2. The molecule has 0 bridgehead atoms. The van der Waals surface area contributed by atoms with Gasteiger partial charge < -0.3 is 10.0 Å². The largest absolute Gasteiger partial charge is 0.388 e. The number of halogens is 1. The molecular weight excluding hydrogens is 263 g/mol. The molecule has 2 heterocycles. The molecule has 1 unspecified atom stereocenters. The van der Waals surface area contributed by atoms with Crippen LogP contribution < -0.4 is 4.90 Å². The van der Waals surface area contributed by atoms with Crippen LogP contribution in [0, 0.1) is 5.82 Å². The molecule has 0 amide bonds. The van der Waals surface area contributed by atoms with Crippen LogP contribution >= 0.6 is 11.3 Å². The van der Waals surface area contributed by atoms with Gasteiger partial charge in [0, 0.05) is 24.0 Å². The van der Waals surface area contributed by atoms with Crippen molar-refractivity contribution >= 4 is 16.5 Å². The second-order valence-corrected chi connectivity index (χ2v) is 6.03. The highest BCUT2D eigenvalue weighted by Gasteiger charge is 2.32. The number of anilines is 1. The van der Waals surface area contributed by atoms with E-state index < -0.39 is 5.60 Å². The molecule has 1 saturated heterocycles. The fourth-order valence-electron chi connectivity index (χ4n) is 2.27. The quantitative estimate of drug-likeness (QED) is 0.917. The number of hydrogen-bond acceptors (Lipinski definition) is 4. The van der Waals surface area contributed by atoms with E-state index >= 15 is 0 Å². The zero-order valence-electron chi connectivity index (χ0n) is 10.6. The summed E-state index contributed by atoms with van der Waals surface area (Å²) in [6, 6.07) is 6.34. The Balaban J connectivity index is 1.82. The first-order chi connectivity index (χ1) is 9.03. The summed E-state index contributed by atoms with van der Waals surface area (Å²) in [7, 11) is 0. The number of β-amino-alcohol motifs (C(OH)–C–C–N with tert-alkyl or cyclic N) is 1. The Morgan fingerprint density at radius 3 is 2.74 bits per heavy atom. The summed E-state index contributed by atoms with van der Waals surface area (Å²) in [5.41, 5.74) is 1.14.